The Kier molecular flexibility index (Phi) is 6.30. The van der Waals surface area contributed by atoms with Crippen LogP contribution >= 0.6 is 0 Å². The first kappa shape index (κ1) is 18.9. The minimum absolute atomic E-state index is 0.936. The maximum atomic E-state index is 6.52. The van der Waals surface area contributed by atoms with Crippen LogP contribution in [0.15, 0.2) is 48.5 Å². The standard InChI is InChI=1S/2C7H8O.4CH3.O.2Sn/c2*1-6-4-2-3-5-7(6)8;;;;;;;/h2*2-5,8H,1H3;4*1H3;;;/q;;;;;;;2*+1/p-2. The summed E-state index contributed by atoms with van der Waals surface area (Å²) < 4.78 is 19.1. The second kappa shape index (κ2) is 7.65. The fraction of sp³-hybridized carbons (Fsp3) is 0.333. The second-order valence-electron chi connectivity index (χ2n) is 6.64. The molecule has 0 aromatic heterocycles. The Hall–Kier alpha value is -0.403. The quantitative estimate of drug-likeness (QED) is 0.485. The summed E-state index contributed by atoms with van der Waals surface area (Å²) in [5, 5.41) is 0. The fourth-order valence-electron chi connectivity index (χ4n) is 2.51. The number of aryl methyl sites for hydroxylation is 2. The van der Waals surface area contributed by atoms with Gasteiger partial charge in [-0.2, -0.15) is 0 Å². The molecule has 0 bridgehead atoms. The van der Waals surface area contributed by atoms with E-state index in [1.165, 1.54) is 0 Å². The van der Waals surface area contributed by atoms with Crippen LogP contribution in [0.25, 0.3) is 0 Å². The summed E-state index contributed by atoms with van der Waals surface area (Å²) in [5.74, 6) is 1.87. The van der Waals surface area contributed by atoms with Gasteiger partial charge in [-0.15, -0.1) is 0 Å². The molecule has 0 saturated heterocycles. The Balaban J connectivity index is 2.09. The molecule has 0 radical (unpaired) electrons. The van der Waals surface area contributed by atoms with Crippen molar-refractivity contribution in [2.24, 2.45) is 0 Å². The van der Waals surface area contributed by atoms with E-state index in [1.807, 2.05) is 36.4 Å². The van der Waals surface area contributed by atoms with Crippen molar-refractivity contribution >= 4 is 38.4 Å². The molecule has 5 heteroatoms. The van der Waals surface area contributed by atoms with Gasteiger partial charge in [0.05, 0.1) is 0 Å². The number of para-hydroxylation sites is 2. The molecular formula is C18H26O3Sn2. The van der Waals surface area contributed by atoms with Gasteiger partial charge in [-0.3, -0.25) is 0 Å². The summed E-state index contributed by atoms with van der Waals surface area (Å²) in [7, 11) is 0. The van der Waals surface area contributed by atoms with Crippen molar-refractivity contribution in [3.63, 3.8) is 0 Å². The van der Waals surface area contributed by atoms with Crippen molar-refractivity contribution in [2.45, 2.75) is 33.6 Å². The molecule has 0 aliphatic carbocycles. The van der Waals surface area contributed by atoms with E-state index in [-0.39, 0.29) is 0 Å². The maximum absolute atomic E-state index is 6.52. The molecule has 3 nitrogen and oxygen atoms in total. The van der Waals surface area contributed by atoms with Crippen LogP contribution in [0.2, 0.25) is 19.8 Å². The molecule has 124 valence electrons. The van der Waals surface area contributed by atoms with Gasteiger partial charge in [0, 0.05) is 0 Å². The van der Waals surface area contributed by atoms with Gasteiger partial charge in [-0.05, 0) is 0 Å². The van der Waals surface area contributed by atoms with E-state index in [9.17, 15) is 0 Å². The van der Waals surface area contributed by atoms with Gasteiger partial charge in [-0.25, -0.2) is 0 Å². The summed E-state index contributed by atoms with van der Waals surface area (Å²) in [6.07, 6.45) is 0. The summed E-state index contributed by atoms with van der Waals surface area (Å²) in [6.45, 7) is 4.13. The predicted octanol–water partition coefficient (Wildman–Crippen LogP) is 5.18. The zero-order valence-corrected chi connectivity index (χ0v) is 20.6. The monoisotopic (exact) mass is 530 g/mol. The van der Waals surface area contributed by atoms with Gasteiger partial charge in [0.15, 0.2) is 0 Å². The van der Waals surface area contributed by atoms with Crippen molar-refractivity contribution in [1.82, 2.24) is 0 Å². The number of benzene rings is 2. The summed E-state index contributed by atoms with van der Waals surface area (Å²) in [6, 6.07) is 16.2. The van der Waals surface area contributed by atoms with Crippen molar-refractivity contribution in [2.75, 3.05) is 0 Å². The van der Waals surface area contributed by atoms with Crippen LogP contribution in [0.1, 0.15) is 11.1 Å². The third-order valence-electron chi connectivity index (χ3n) is 3.39. The van der Waals surface area contributed by atoms with Gasteiger partial charge in [0.2, 0.25) is 0 Å². The van der Waals surface area contributed by atoms with Gasteiger partial charge in [-0.1, -0.05) is 0 Å². The Morgan fingerprint density at radius 3 is 1.30 bits per heavy atom. The zero-order valence-electron chi connectivity index (χ0n) is 14.8. The van der Waals surface area contributed by atoms with E-state index in [0.29, 0.717) is 0 Å². The molecule has 0 aliphatic heterocycles. The normalized spacial score (nSPS) is 12.1. The van der Waals surface area contributed by atoms with Crippen molar-refractivity contribution < 1.29 is 7.56 Å². The van der Waals surface area contributed by atoms with Crippen LogP contribution in [0.5, 0.6) is 11.5 Å². The Morgan fingerprint density at radius 2 is 0.957 bits per heavy atom. The number of hydrogen-bond donors (Lipinski definition) is 0. The molecule has 2 aromatic carbocycles. The van der Waals surface area contributed by atoms with Crippen LogP contribution in [-0.4, -0.2) is 38.4 Å². The van der Waals surface area contributed by atoms with Crippen LogP contribution in [0.4, 0.5) is 0 Å². The molecule has 2 aromatic rings. The Morgan fingerprint density at radius 1 is 0.609 bits per heavy atom. The Labute approximate surface area is 149 Å². The number of hydrogen-bond acceptors (Lipinski definition) is 3. The Bertz CT molecular complexity index is 611. The van der Waals surface area contributed by atoms with Crippen molar-refractivity contribution in [3.8, 4) is 11.5 Å². The van der Waals surface area contributed by atoms with Crippen LogP contribution in [0.3, 0.4) is 0 Å². The van der Waals surface area contributed by atoms with E-state index >= 15 is 0 Å². The van der Waals surface area contributed by atoms with Crippen molar-refractivity contribution in [3.05, 3.63) is 59.7 Å². The summed E-state index contributed by atoms with van der Waals surface area (Å²) in [5.41, 5.74) is 2.29. The first-order valence-electron chi connectivity index (χ1n) is 7.88. The minimum atomic E-state index is -3.13. The van der Waals surface area contributed by atoms with Gasteiger partial charge in [0.1, 0.15) is 0 Å². The van der Waals surface area contributed by atoms with Gasteiger partial charge < -0.3 is 0 Å². The third kappa shape index (κ3) is 5.87. The molecule has 2 rings (SSSR count). The molecule has 0 heterocycles. The molecule has 0 aliphatic rings. The number of rotatable bonds is 6. The first-order chi connectivity index (χ1) is 10.7. The molecule has 23 heavy (non-hydrogen) atoms. The van der Waals surface area contributed by atoms with Crippen LogP contribution in [-0.2, 0) is 1.41 Å². The molecule has 0 atom stereocenters. The van der Waals surface area contributed by atoms with E-state index in [0.717, 1.165) is 22.6 Å². The van der Waals surface area contributed by atoms with Crippen molar-refractivity contribution in [1.29, 1.82) is 0 Å². The SMILES string of the molecule is Cc1ccccc1[O][Sn]([CH3])([CH3])[O][Sn]([CH3])([CH3])[O]c1ccccc1C. The third-order valence-corrected chi connectivity index (χ3v) is 29.1. The van der Waals surface area contributed by atoms with E-state index in [2.05, 4.69) is 45.7 Å². The van der Waals surface area contributed by atoms with Gasteiger partial charge >= 0.3 is 151 Å². The topological polar surface area (TPSA) is 27.7 Å². The molecule has 0 fully saturated rings. The molecular weight excluding hydrogens is 502 g/mol. The summed E-state index contributed by atoms with van der Waals surface area (Å²) >= 11 is -6.25. The molecule has 0 spiro atoms. The van der Waals surface area contributed by atoms with E-state index < -0.39 is 38.4 Å². The average Bonchev–Trinajstić information content (AvgIpc) is 2.42. The average molecular weight is 528 g/mol. The van der Waals surface area contributed by atoms with Crippen LogP contribution in [0, 0.1) is 13.8 Å². The summed E-state index contributed by atoms with van der Waals surface area (Å²) in [4.78, 5) is 8.62. The van der Waals surface area contributed by atoms with E-state index in [1.54, 1.807) is 0 Å². The van der Waals surface area contributed by atoms with Crippen LogP contribution < -0.4 is 6.15 Å². The molecule has 0 N–H and O–H groups in total. The molecule has 0 amide bonds. The predicted molar refractivity (Wildman–Crippen MR) is 99.7 cm³/mol. The van der Waals surface area contributed by atoms with E-state index in [4.69, 9.17) is 7.56 Å². The van der Waals surface area contributed by atoms with Gasteiger partial charge in [0.25, 0.3) is 0 Å². The fourth-order valence-corrected chi connectivity index (χ4v) is 34.7. The molecule has 0 saturated carbocycles. The zero-order chi connectivity index (χ0) is 17.1. The molecule has 0 unspecified atom stereocenters. The second-order valence-corrected chi connectivity index (χ2v) is 28.3. The first-order valence-corrected chi connectivity index (χ1v) is 24.0.